The summed E-state index contributed by atoms with van der Waals surface area (Å²) < 4.78 is 32.0. The van der Waals surface area contributed by atoms with E-state index in [0.717, 1.165) is 0 Å². The fourth-order valence-electron chi connectivity index (χ4n) is 2.66. The van der Waals surface area contributed by atoms with Crippen molar-refractivity contribution in [3.8, 4) is 11.8 Å². The number of rotatable bonds is 7. The molecule has 33 heavy (non-hydrogen) atoms. The number of anilines is 2. The van der Waals surface area contributed by atoms with Crippen LogP contribution in [0.3, 0.4) is 0 Å². The smallest absolute Gasteiger partial charge is 0.266 e. The molecule has 0 atom stereocenters. The molecule has 0 heterocycles. The van der Waals surface area contributed by atoms with Gasteiger partial charge in [0.1, 0.15) is 29.0 Å². The van der Waals surface area contributed by atoms with Gasteiger partial charge in [0.2, 0.25) is 0 Å². The average Bonchev–Trinajstić information content (AvgIpc) is 2.80. The van der Waals surface area contributed by atoms with Gasteiger partial charge in [0, 0.05) is 5.69 Å². The summed E-state index contributed by atoms with van der Waals surface area (Å²) in [5, 5.41) is 14.3. The molecule has 0 aliphatic carbocycles. The molecule has 3 aromatic rings. The monoisotopic (exact) mass is 467 g/mol. The third-order valence-electron chi connectivity index (χ3n) is 4.24. The number of ether oxygens (including phenoxy) is 1. The van der Waals surface area contributed by atoms with E-state index in [1.54, 1.807) is 18.2 Å². The van der Waals surface area contributed by atoms with Crippen LogP contribution in [0.25, 0.3) is 6.08 Å². The molecule has 0 spiro atoms. The van der Waals surface area contributed by atoms with E-state index in [1.807, 2.05) is 0 Å². The zero-order valence-corrected chi connectivity index (χ0v) is 17.7. The van der Waals surface area contributed by atoms with Crippen LogP contribution >= 0.6 is 11.6 Å². The van der Waals surface area contributed by atoms with E-state index in [9.17, 15) is 23.6 Å². The van der Waals surface area contributed by atoms with Gasteiger partial charge in [0.15, 0.2) is 6.61 Å². The second kappa shape index (κ2) is 10.9. The Bertz CT molecular complexity index is 1250. The summed E-state index contributed by atoms with van der Waals surface area (Å²) >= 11 is 6.18. The van der Waals surface area contributed by atoms with Crippen molar-refractivity contribution in [3.63, 3.8) is 0 Å². The van der Waals surface area contributed by atoms with Crippen LogP contribution in [0.5, 0.6) is 5.75 Å². The molecule has 166 valence electrons. The molecule has 0 aliphatic rings. The molecule has 0 unspecified atom stereocenters. The quantitative estimate of drug-likeness (QED) is 0.370. The molecule has 0 bridgehead atoms. The van der Waals surface area contributed by atoms with Crippen LogP contribution in [0.2, 0.25) is 5.02 Å². The lowest BCUT2D eigenvalue weighted by molar-refractivity contribution is -0.118. The molecule has 3 aromatic carbocycles. The molecule has 0 radical (unpaired) electrons. The van der Waals surface area contributed by atoms with Gasteiger partial charge < -0.3 is 15.4 Å². The number of amides is 2. The van der Waals surface area contributed by atoms with Crippen molar-refractivity contribution in [1.29, 1.82) is 5.26 Å². The molecule has 2 amide bonds. The third kappa shape index (κ3) is 6.63. The topological polar surface area (TPSA) is 91.2 Å². The van der Waals surface area contributed by atoms with Crippen LogP contribution < -0.4 is 15.4 Å². The second-order valence-electron chi connectivity index (χ2n) is 6.64. The van der Waals surface area contributed by atoms with Gasteiger partial charge in [0.25, 0.3) is 11.8 Å². The molecule has 0 fully saturated rings. The lowest BCUT2D eigenvalue weighted by atomic mass is 10.1. The van der Waals surface area contributed by atoms with Crippen molar-refractivity contribution >= 4 is 40.9 Å². The van der Waals surface area contributed by atoms with E-state index in [-0.39, 0.29) is 22.0 Å². The van der Waals surface area contributed by atoms with Crippen molar-refractivity contribution in [2.75, 3.05) is 17.2 Å². The molecule has 0 aromatic heterocycles. The number of benzene rings is 3. The van der Waals surface area contributed by atoms with E-state index < -0.39 is 30.1 Å². The van der Waals surface area contributed by atoms with Gasteiger partial charge in [-0.2, -0.15) is 5.26 Å². The van der Waals surface area contributed by atoms with Crippen LogP contribution in [-0.2, 0) is 9.59 Å². The number of hydrogen-bond donors (Lipinski definition) is 2. The van der Waals surface area contributed by atoms with Gasteiger partial charge in [-0.15, -0.1) is 0 Å². The summed E-state index contributed by atoms with van der Waals surface area (Å²) in [6.07, 6.45) is 1.32. The van der Waals surface area contributed by atoms with Gasteiger partial charge in [-0.1, -0.05) is 29.8 Å². The maximum absolute atomic E-state index is 13.6. The third-order valence-corrected chi connectivity index (χ3v) is 4.54. The maximum atomic E-state index is 13.6. The van der Waals surface area contributed by atoms with Crippen LogP contribution in [0.4, 0.5) is 20.2 Å². The van der Waals surface area contributed by atoms with E-state index in [2.05, 4.69) is 10.6 Å². The Morgan fingerprint density at radius 1 is 1.03 bits per heavy atom. The fourth-order valence-corrected chi connectivity index (χ4v) is 2.91. The molecule has 0 saturated heterocycles. The number of nitrogens with zero attached hydrogens (tertiary/aromatic N) is 1. The van der Waals surface area contributed by atoms with Crippen molar-refractivity contribution in [3.05, 3.63) is 94.5 Å². The number of hydrogen-bond acceptors (Lipinski definition) is 4. The summed E-state index contributed by atoms with van der Waals surface area (Å²) in [5.74, 6) is -2.09. The van der Waals surface area contributed by atoms with Crippen LogP contribution in [0, 0.1) is 23.0 Å². The molecular formula is C24H16ClF2N3O3. The highest BCUT2D eigenvalue weighted by Gasteiger charge is 2.12. The lowest BCUT2D eigenvalue weighted by Crippen LogP contribution is -2.20. The number of carbonyl (C=O) groups is 2. The normalized spacial score (nSPS) is 10.8. The summed E-state index contributed by atoms with van der Waals surface area (Å²) in [5.41, 5.74) is 0.598. The minimum absolute atomic E-state index is 0.0284. The Morgan fingerprint density at radius 3 is 2.42 bits per heavy atom. The molecule has 0 aliphatic heterocycles. The Hall–Kier alpha value is -4.22. The largest absolute Gasteiger partial charge is 0.482 e. The first-order valence-electron chi connectivity index (χ1n) is 9.51. The number of carbonyl (C=O) groups excluding carboxylic acids is 2. The van der Waals surface area contributed by atoms with E-state index in [0.29, 0.717) is 11.3 Å². The van der Waals surface area contributed by atoms with Crippen LogP contribution in [-0.4, -0.2) is 18.4 Å². The van der Waals surface area contributed by atoms with Crippen molar-refractivity contribution in [1.82, 2.24) is 0 Å². The molecule has 9 heteroatoms. The number of nitrogens with one attached hydrogen (secondary N) is 2. The SMILES string of the molecule is N#C/C(=C\c1ccc(OCC(=O)Nc2ccccc2F)c(Cl)c1)C(=O)Nc1ccc(F)cc1. The van der Waals surface area contributed by atoms with Gasteiger partial charge in [0.05, 0.1) is 10.7 Å². The zero-order valence-electron chi connectivity index (χ0n) is 16.9. The van der Waals surface area contributed by atoms with E-state index >= 15 is 0 Å². The minimum Gasteiger partial charge on any atom is -0.482 e. The first-order chi connectivity index (χ1) is 15.9. The summed E-state index contributed by atoms with van der Waals surface area (Å²) in [4.78, 5) is 24.3. The molecule has 2 N–H and O–H groups in total. The van der Waals surface area contributed by atoms with Crippen molar-refractivity contribution < 1.29 is 23.1 Å². The predicted octanol–water partition coefficient (Wildman–Crippen LogP) is 5.18. The van der Waals surface area contributed by atoms with Gasteiger partial charge in [-0.05, 0) is 60.2 Å². The summed E-state index contributed by atoms with van der Waals surface area (Å²) in [6, 6.07) is 17.1. The highest BCUT2D eigenvalue weighted by atomic mass is 35.5. The predicted molar refractivity (Wildman–Crippen MR) is 121 cm³/mol. The standard InChI is InChI=1S/C24H16ClF2N3O3/c25-19-12-15(11-16(13-28)24(32)29-18-8-6-17(26)7-9-18)5-10-22(19)33-14-23(31)30-21-4-2-1-3-20(21)27/h1-12H,14H2,(H,29,32)(H,30,31)/b16-11+. The fraction of sp³-hybridized carbons (Fsp3) is 0.0417. The van der Waals surface area contributed by atoms with E-state index in [1.165, 1.54) is 60.7 Å². The highest BCUT2D eigenvalue weighted by molar-refractivity contribution is 6.32. The summed E-state index contributed by atoms with van der Waals surface area (Å²) in [6.45, 7) is -0.410. The van der Waals surface area contributed by atoms with Gasteiger partial charge in [-0.3, -0.25) is 9.59 Å². The zero-order chi connectivity index (χ0) is 23.8. The van der Waals surface area contributed by atoms with Crippen molar-refractivity contribution in [2.45, 2.75) is 0 Å². The molecule has 0 saturated carbocycles. The first kappa shape index (κ1) is 23.4. The second-order valence-corrected chi connectivity index (χ2v) is 7.04. The number of para-hydroxylation sites is 1. The molecule has 3 rings (SSSR count). The maximum Gasteiger partial charge on any atom is 0.266 e. The Labute approximate surface area is 193 Å². The number of halogens is 3. The highest BCUT2D eigenvalue weighted by Crippen LogP contribution is 2.27. The average molecular weight is 468 g/mol. The first-order valence-corrected chi connectivity index (χ1v) is 9.89. The molecular weight excluding hydrogens is 452 g/mol. The van der Waals surface area contributed by atoms with Gasteiger partial charge >= 0.3 is 0 Å². The minimum atomic E-state index is -0.676. The lowest BCUT2D eigenvalue weighted by Gasteiger charge is -2.10. The number of nitriles is 1. The Kier molecular flexibility index (Phi) is 7.73. The van der Waals surface area contributed by atoms with E-state index in [4.69, 9.17) is 16.3 Å². The van der Waals surface area contributed by atoms with Gasteiger partial charge in [-0.25, -0.2) is 8.78 Å². The van der Waals surface area contributed by atoms with Crippen LogP contribution in [0.1, 0.15) is 5.56 Å². The van der Waals surface area contributed by atoms with Crippen LogP contribution in [0.15, 0.2) is 72.3 Å². The summed E-state index contributed by atoms with van der Waals surface area (Å²) in [7, 11) is 0. The van der Waals surface area contributed by atoms with Crippen molar-refractivity contribution in [2.24, 2.45) is 0 Å². The Balaban J connectivity index is 1.63. The Morgan fingerprint density at radius 2 is 1.76 bits per heavy atom. The molecule has 6 nitrogen and oxygen atoms in total.